The maximum absolute atomic E-state index is 14.2. The second-order valence-corrected chi connectivity index (χ2v) is 5.01. The Bertz CT molecular complexity index is 867. The maximum atomic E-state index is 14.2. The molecule has 0 saturated carbocycles. The number of benzene rings is 1. The molecule has 1 aromatic heterocycles. The average Bonchev–Trinajstić information content (AvgIpc) is 2.97. The van der Waals surface area contributed by atoms with Crippen molar-refractivity contribution in [3.05, 3.63) is 71.7 Å². The molecule has 0 saturated heterocycles. The van der Waals surface area contributed by atoms with Gasteiger partial charge in [-0.2, -0.15) is 5.10 Å². The number of hydrogen-bond donors (Lipinski definition) is 1. The molecule has 0 bridgehead atoms. The molecule has 130 valence electrons. The molecule has 0 amide bonds. The topological polar surface area (TPSA) is 70.1 Å². The van der Waals surface area contributed by atoms with Crippen molar-refractivity contribution >= 4 is 17.8 Å². The summed E-state index contributed by atoms with van der Waals surface area (Å²) < 4.78 is 34.3. The Morgan fingerprint density at radius 2 is 2.04 bits per heavy atom. The van der Waals surface area contributed by atoms with Crippen LogP contribution < -0.4 is 10.5 Å². The van der Waals surface area contributed by atoms with E-state index in [4.69, 9.17) is 10.5 Å². The van der Waals surface area contributed by atoms with Crippen LogP contribution >= 0.6 is 0 Å². The maximum Gasteiger partial charge on any atom is 0.165 e. The Kier molecular flexibility index (Phi) is 5.84. The van der Waals surface area contributed by atoms with Crippen molar-refractivity contribution in [2.75, 3.05) is 5.73 Å². The first kappa shape index (κ1) is 18.1. The third-order valence-corrected chi connectivity index (χ3v) is 3.27. The molecule has 2 rings (SSSR count). The summed E-state index contributed by atoms with van der Waals surface area (Å²) >= 11 is 0. The Morgan fingerprint density at radius 1 is 1.32 bits per heavy atom. The third-order valence-electron chi connectivity index (χ3n) is 3.27. The molecule has 1 heterocycles. The van der Waals surface area contributed by atoms with Crippen LogP contribution in [0.2, 0.25) is 0 Å². The van der Waals surface area contributed by atoms with Gasteiger partial charge in [0, 0.05) is 0 Å². The first-order valence-corrected chi connectivity index (χ1v) is 7.40. The van der Waals surface area contributed by atoms with E-state index in [-0.39, 0.29) is 22.8 Å². The van der Waals surface area contributed by atoms with Gasteiger partial charge >= 0.3 is 0 Å². The number of ether oxygens (including phenoxy) is 1. The molecule has 0 aliphatic rings. The number of carbonyl (C=O) groups excluding carboxylic acids is 1. The molecule has 5 nitrogen and oxygen atoms in total. The Labute approximate surface area is 143 Å². The van der Waals surface area contributed by atoms with Crippen LogP contribution in [0, 0.1) is 5.82 Å². The third kappa shape index (κ3) is 4.20. The molecule has 2 aromatic rings. The summed E-state index contributed by atoms with van der Waals surface area (Å²) in [5.74, 6) is -0.708. The summed E-state index contributed by atoms with van der Waals surface area (Å²) in [6.07, 6.45) is 5.84. The van der Waals surface area contributed by atoms with E-state index in [0.717, 1.165) is 4.68 Å². The van der Waals surface area contributed by atoms with Gasteiger partial charge in [-0.15, -0.1) is 0 Å². The summed E-state index contributed by atoms with van der Waals surface area (Å²) in [5, 5.41) is 3.91. The summed E-state index contributed by atoms with van der Waals surface area (Å²) in [4.78, 5) is 10.9. The van der Waals surface area contributed by atoms with Gasteiger partial charge in [-0.3, -0.25) is 4.79 Å². The van der Waals surface area contributed by atoms with E-state index in [0.29, 0.717) is 12.0 Å². The van der Waals surface area contributed by atoms with Gasteiger partial charge in [0.2, 0.25) is 0 Å². The van der Waals surface area contributed by atoms with E-state index in [2.05, 4.69) is 5.10 Å². The minimum atomic E-state index is -0.595. The molecule has 0 atom stereocenters. The van der Waals surface area contributed by atoms with Crippen LogP contribution in [-0.2, 0) is 0 Å². The van der Waals surface area contributed by atoms with Gasteiger partial charge in [0.1, 0.15) is 23.1 Å². The fraction of sp³-hybridized carbons (Fsp3) is 0.111. The molecule has 0 unspecified atom stereocenters. The molecular formula is C18H17F2N3O2. The van der Waals surface area contributed by atoms with Crippen molar-refractivity contribution in [2.24, 2.45) is 0 Å². The normalized spacial score (nSPS) is 13.0. The first-order valence-electron chi connectivity index (χ1n) is 7.40. The number of nitrogen functional groups attached to an aromatic ring is 1. The van der Waals surface area contributed by atoms with E-state index < -0.39 is 11.6 Å². The Balaban J connectivity index is 2.36. The summed E-state index contributed by atoms with van der Waals surface area (Å²) in [5.41, 5.74) is 5.96. The van der Waals surface area contributed by atoms with Crippen molar-refractivity contribution < 1.29 is 18.3 Å². The minimum absolute atomic E-state index is 0.0133. The summed E-state index contributed by atoms with van der Waals surface area (Å²) in [6.45, 7) is 3.10. The zero-order valence-corrected chi connectivity index (χ0v) is 13.7. The van der Waals surface area contributed by atoms with Gasteiger partial charge in [0.25, 0.3) is 0 Å². The van der Waals surface area contributed by atoms with E-state index in [1.165, 1.54) is 43.5 Å². The number of nitrogens with zero attached hydrogens (tertiary/aromatic N) is 2. The lowest BCUT2D eigenvalue weighted by atomic mass is 10.3. The monoisotopic (exact) mass is 345 g/mol. The number of para-hydroxylation sites is 1. The van der Waals surface area contributed by atoms with Crippen LogP contribution in [0.1, 0.15) is 24.2 Å². The van der Waals surface area contributed by atoms with E-state index in [1.807, 2.05) is 0 Å². The molecule has 2 N–H and O–H groups in total. The lowest BCUT2D eigenvalue weighted by Crippen LogP contribution is -2.05. The van der Waals surface area contributed by atoms with Gasteiger partial charge in [0.05, 0.1) is 11.8 Å². The molecule has 0 fully saturated rings. The number of carbonyl (C=O) groups is 1. The van der Waals surface area contributed by atoms with Crippen molar-refractivity contribution in [3.63, 3.8) is 0 Å². The molecule has 0 radical (unpaired) electrons. The summed E-state index contributed by atoms with van der Waals surface area (Å²) in [7, 11) is 0. The second kappa shape index (κ2) is 8.05. The predicted molar refractivity (Wildman–Crippen MR) is 91.9 cm³/mol. The van der Waals surface area contributed by atoms with Gasteiger partial charge in [-0.05, 0) is 44.2 Å². The number of nitrogens with two attached hydrogens (primary N) is 1. The van der Waals surface area contributed by atoms with Gasteiger partial charge < -0.3 is 10.5 Å². The minimum Gasteiger partial charge on any atom is -0.459 e. The summed E-state index contributed by atoms with van der Waals surface area (Å²) in [6, 6.07) is 5.93. The van der Waals surface area contributed by atoms with Crippen molar-refractivity contribution in [1.29, 1.82) is 0 Å². The number of hydrogen-bond acceptors (Lipinski definition) is 4. The van der Waals surface area contributed by atoms with E-state index >= 15 is 0 Å². The van der Waals surface area contributed by atoms with Gasteiger partial charge in [0.15, 0.2) is 17.9 Å². The Hall–Kier alpha value is -3.22. The van der Waals surface area contributed by atoms with Crippen LogP contribution in [0.25, 0.3) is 5.70 Å². The van der Waals surface area contributed by atoms with Crippen LogP contribution in [0.4, 0.5) is 14.6 Å². The molecular weight excluding hydrogens is 328 g/mol. The number of anilines is 1. The smallest absolute Gasteiger partial charge is 0.165 e. The van der Waals surface area contributed by atoms with Gasteiger partial charge in [-0.25, -0.2) is 13.5 Å². The highest BCUT2D eigenvalue weighted by molar-refractivity contribution is 5.83. The van der Waals surface area contributed by atoms with Crippen molar-refractivity contribution in [2.45, 2.75) is 13.8 Å². The van der Waals surface area contributed by atoms with Crippen LogP contribution in [0.15, 0.2) is 60.3 Å². The highest BCUT2D eigenvalue weighted by Gasteiger charge is 2.13. The van der Waals surface area contributed by atoms with E-state index in [9.17, 15) is 13.6 Å². The second-order valence-electron chi connectivity index (χ2n) is 5.01. The van der Waals surface area contributed by atoms with Crippen LogP contribution in [0.5, 0.6) is 5.75 Å². The molecule has 0 aliphatic carbocycles. The molecule has 0 spiro atoms. The highest BCUT2D eigenvalue weighted by Crippen LogP contribution is 2.23. The molecule has 0 aliphatic heterocycles. The average molecular weight is 345 g/mol. The number of aromatic nitrogens is 2. The molecule has 25 heavy (non-hydrogen) atoms. The standard InChI is InChI=1S/C18H17F2N3O2/c1-3-14(19)16(23-18(21)13(11-24)10-22-23)9-8-12(2)25-17-7-5-4-6-15(17)20/h3-11H,21H2,1-2H3/b12-8+,14-3+,16-9+. The van der Waals surface area contributed by atoms with Crippen LogP contribution in [-0.4, -0.2) is 16.1 Å². The van der Waals surface area contributed by atoms with Crippen LogP contribution in [0.3, 0.4) is 0 Å². The van der Waals surface area contributed by atoms with E-state index in [1.54, 1.807) is 19.1 Å². The SMILES string of the molecule is C\C=C(F)/C(=C\C=C(/C)Oc1ccccc1F)n1ncc(C=O)c1N. The lowest BCUT2D eigenvalue weighted by molar-refractivity contribution is 0.112. The van der Waals surface area contributed by atoms with Crippen molar-refractivity contribution in [1.82, 2.24) is 9.78 Å². The number of rotatable bonds is 6. The highest BCUT2D eigenvalue weighted by atomic mass is 19.1. The number of allylic oxidation sites excluding steroid dienone is 6. The fourth-order valence-corrected chi connectivity index (χ4v) is 1.98. The zero-order valence-electron chi connectivity index (χ0n) is 13.7. The number of halogens is 2. The predicted octanol–water partition coefficient (Wildman–Crippen LogP) is 4.11. The lowest BCUT2D eigenvalue weighted by Gasteiger charge is -2.08. The molecule has 7 heteroatoms. The fourth-order valence-electron chi connectivity index (χ4n) is 1.98. The Morgan fingerprint density at radius 3 is 2.64 bits per heavy atom. The quantitative estimate of drug-likeness (QED) is 0.486. The molecule has 1 aromatic carbocycles. The number of aldehydes is 1. The first-order chi connectivity index (χ1) is 12.0. The van der Waals surface area contributed by atoms with Crippen molar-refractivity contribution in [3.8, 4) is 5.75 Å². The zero-order chi connectivity index (χ0) is 18.4. The largest absolute Gasteiger partial charge is 0.459 e. The van der Waals surface area contributed by atoms with Gasteiger partial charge in [-0.1, -0.05) is 12.1 Å².